The highest BCUT2D eigenvalue weighted by molar-refractivity contribution is 7.47. The standard InChI is InChI=1S/C78H153N2O6P/c1-6-8-10-12-14-16-18-20-22-24-26-28-30-32-33-34-35-36-37-38-39-40-41-42-43-44-45-46-47-48-50-52-54-56-58-60-62-64-66-68-70-72-78(82)79-76(75-86-87(83,84)85-74-73-80(3,4)5)77(81)71-69-67-65-63-61-59-57-55-53-51-49-31-29-27-25-23-21-19-17-15-13-11-9-7-2/h24,26,61,63,69,71,76-77,81H,6-23,25,27-60,62,64-68,70,72-75H2,1-5H3,(H-,79,82,83,84)/p+1/b26-24-,63-61+,71-69+. The maximum atomic E-state index is 13.1. The number of nitrogens with one attached hydrogen (secondary N) is 1. The number of hydrogen-bond donors (Lipinski definition) is 3. The van der Waals surface area contributed by atoms with Crippen molar-refractivity contribution in [2.45, 2.75) is 418 Å². The number of amides is 1. The Labute approximate surface area is 544 Å². The number of aliphatic hydroxyl groups excluding tert-OH is 1. The third-order valence-corrected chi connectivity index (χ3v) is 19.1. The van der Waals surface area contributed by atoms with E-state index in [2.05, 4.69) is 43.5 Å². The van der Waals surface area contributed by atoms with E-state index in [4.69, 9.17) is 9.05 Å². The number of carbonyl (C=O) groups is 1. The number of phosphoric acid groups is 1. The topological polar surface area (TPSA) is 105 Å². The van der Waals surface area contributed by atoms with E-state index < -0.39 is 20.0 Å². The molecule has 0 aromatic rings. The zero-order valence-corrected chi connectivity index (χ0v) is 60.2. The zero-order valence-electron chi connectivity index (χ0n) is 59.3. The molecule has 0 aliphatic carbocycles. The van der Waals surface area contributed by atoms with Crippen LogP contribution in [0.5, 0.6) is 0 Å². The van der Waals surface area contributed by atoms with E-state index in [0.717, 1.165) is 38.5 Å². The van der Waals surface area contributed by atoms with E-state index in [-0.39, 0.29) is 19.1 Å². The number of hydrogen-bond acceptors (Lipinski definition) is 5. The van der Waals surface area contributed by atoms with Crippen LogP contribution < -0.4 is 5.32 Å². The molecule has 0 heterocycles. The molecule has 0 saturated carbocycles. The predicted molar refractivity (Wildman–Crippen MR) is 383 cm³/mol. The van der Waals surface area contributed by atoms with Crippen molar-refractivity contribution in [3.05, 3.63) is 36.5 Å². The Morgan fingerprint density at radius 3 is 0.920 bits per heavy atom. The molecule has 0 aliphatic rings. The maximum Gasteiger partial charge on any atom is 0.472 e. The number of nitrogens with zero attached hydrogens (tertiary/aromatic N) is 1. The summed E-state index contributed by atoms with van der Waals surface area (Å²) in [6.07, 6.45) is 93.5. The Morgan fingerprint density at radius 2 is 0.632 bits per heavy atom. The lowest BCUT2D eigenvalue weighted by Crippen LogP contribution is -2.45. The van der Waals surface area contributed by atoms with Crippen LogP contribution in [0.4, 0.5) is 0 Å². The lowest BCUT2D eigenvalue weighted by Gasteiger charge is -2.25. The van der Waals surface area contributed by atoms with Gasteiger partial charge in [0.25, 0.3) is 0 Å². The van der Waals surface area contributed by atoms with Gasteiger partial charge in [-0.15, -0.1) is 0 Å². The summed E-state index contributed by atoms with van der Waals surface area (Å²) in [4.78, 5) is 23.4. The second-order valence-corrected chi connectivity index (χ2v) is 29.5. The van der Waals surface area contributed by atoms with E-state index >= 15 is 0 Å². The van der Waals surface area contributed by atoms with E-state index in [1.54, 1.807) is 6.08 Å². The number of rotatable bonds is 73. The summed E-state index contributed by atoms with van der Waals surface area (Å²) in [6, 6.07) is -0.863. The minimum absolute atomic E-state index is 0.0585. The van der Waals surface area contributed by atoms with Gasteiger partial charge in [-0.2, -0.15) is 0 Å². The first kappa shape index (κ1) is 85.7. The number of carbonyl (C=O) groups excluding carboxylic acids is 1. The van der Waals surface area contributed by atoms with Crippen LogP contribution in [-0.4, -0.2) is 73.4 Å². The Bertz CT molecular complexity index is 1510. The predicted octanol–water partition coefficient (Wildman–Crippen LogP) is 25.2. The molecular weight excluding hydrogens is 1090 g/mol. The molecule has 3 N–H and O–H groups in total. The maximum absolute atomic E-state index is 13.1. The van der Waals surface area contributed by atoms with Gasteiger partial charge in [-0.3, -0.25) is 13.8 Å². The molecule has 0 aromatic heterocycles. The first-order valence-corrected chi connectivity index (χ1v) is 40.4. The molecule has 8 nitrogen and oxygen atoms in total. The summed E-state index contributed by atoms with van der Waals surface area (Å²) in [5, 5.41) is 14.0. The lowest BCUT2D eigenvalue weighted by molar-refractivity contribution is -0.870. The van der Waals surface area contributed by atoms with Crippen LogP contribution in [-0.2, 0) is 18.4 Å². The highest BCUT2D eigenvalue weighted by Crippen LogP contribution is 2.43. The summed E-state index contributed by atoms with van der Waals surface area (Å²) in [6.45, 7) is 4.86. The highest BCUT2D eigenvalue weighted by atomic mass is 31.2. The molecule has 9 heteroatoms. The quantitative estimate of drug-likeness (QED) is 0.0243. The van der Waals surface area contributed by atoms with E-state index in [0.29, 0.717) is 17.4 Å². The third kappa shape index (κ3) is 72.0. The molecule has 0 spiro atoms. The minimum Gasteiger partial charge on any atom is -0.387 e. The van der Waals surface area contributed by atoms with Gasteiger partial charge in [0.05, 0.1) is 39.9 Å². The van der Waals surface area contributed by atoms with Crippen LogP contribution in [0.1, 0.15) is 406 Å². The van der Waals surface area contributed by atoms with Crippen LogP contribution in [0.3, 0.4) is 0 Å². The fraction of sp³-hybridized carbons (Fsp3) is 0.910. The second-order valence-electron chi connectivity index (χ2n) is 28.1. The Morgan fingerprint density at radius 1 is 0.379 bits per heavy atom. The molecule has 0 saturated heterocycles. The Balaban J connectivity index is 3.92. The Kier molecular flexibility index (Phi) is 68.1. The fourth-order valence-electron chi connectivity index (χ4n) is 12.1. The summed E-state index contributed by atoms with van der Waals surface area (Å²) in [5.41, 5.74) is 0. The van der Waals surface area contributed by atoms with Crippen LogP contribution in [0.25, 0.3) is 0 Å². The van der Waals surface area contributed by atoms with E-state index in [1.807, 2.05) is 27.2 Å². The van der Waals surface area contributed by atoms with Crippen LogP contribution in [0, 0.1) is 0 Å². The van der Waals surface area contributed by atoms with Crippen molar-refractivity contribution in [2.75, 3.05) is 40.9 Å². The van der Waals surface area contributed by atoms with Crippen molar-refractivity contribution >= 4 is 13.7 Å². The Hall–Kier alpha value is -1.28. The van der Waals surface area contributed by atoms with Crippen LogP contribution in [0.2, 0.25) is 0 Å². The van der Waals surface area contributed by atoms with Gasteiger partial charge in [-0.05, 0) is 57.8 Å². The van der Waals surface area contributed by atoms with Gasteiger partial charge in [-0.25, -0.2) is 4.57 Å². The van der Waals surface area contributed by atoms with Crippen molar-refractivity contribution in [2.24, 2.45) is 0 Å². The molecule has 3 unspecified atom stereocenters. The molecule has 0 aliphatic heterocycles. The van der Waals surface area contributed by atoms with Crippen molar-refractivity contribution in [1.82, 2.24) is 5.32 Å². The van der Waals surface area contributed by atoms with Gasteiger partial charge >= 0.3 is 7.82 Å². The number of allylic oxidation sites excluding steroid dienone is 5. The number of quaternary nitrogens is 1. The molecule has 0 rings (SSSR count). The van der Waals surface area contributed by atoms with Crippen molar-refractivity contribution < 1.29 is 32.9 Å². The number of phosphoric ester groups is 1. The van der Waals surface area contributed by atoms with E-state index in [9.17, 15) is 19.4 Å². The monoisotopic (exact) mass is 1250 g/mol. The normalized spacial score (nSPS) is 13.7. The van der Waals surface area contributed by atoms with Crippen molar-refractivity contribution in [1.29, 1.82) is 0 Å². The van der Waals surface area contributed by atoms with Crippen molar-refractivity contribution in [3.63, 3.8) is 0 Å². The average Bonchev–Trinajstić information content (AvgIpc) is 3.71. The van der Waals surface area contributed by atoms with Crippen LogP contribution in [0.15, 0.2) is 36.5 Å². The van der Waals surface area contributed by atoms with Gasteiger partial charge < -0.3 is 19.8 Å². The number of likely N-dealkylation sites (N-methyl/N-ethyl adjacent to an activating group) is 1. The van der Waals surface area contributed by atoms with Gasteiger partial charge in [0.1, 0.15) is 13.2 Å². The van der Waals surface area contributed by atoms with Gasteiger partial charge in [0.15, 0.2) is 0 Å². The smallest absolute Gasteiger partial charge is 0.387 e. The summed E-state index contributed by atoms with van der Waals surface area (Å²) < 4.78 is 23.8. The zero-order chi connectivity index (χ0) is 63.4. The molecule has 0 aromatic carbocycles. The number of unbranched alkanes of at least 4 members (excludes halogenated alkanes) is 56. The van der Waals surface area contributed by atoms with Crippen molar-refractivity contribution in [3.8, 4) is 0 Å². The molecular formula is C78H154N2O6P+. The first-order chi connectivity index (χ1) is 42.5. The van der Waals surface area contributed by atoms with Crippen LogP contribution >= 0.6 is 7.82 Å². The molecule has 0 bridgehead atoms. The third-order valence-electron chi connectivity index (χ3n) is 18.1. The molecule has 516 valence electrons. The van der Waals surface area contributed by atoms with Gasteiger partial charge in [-0.1, -0.05) is 378 Å². The molecule has 3 atom stereocenters. The summed E-state index contributed by atoms with van der Waals surface area (Å²) in [7, 11) is 1.57. The highest BCUT2D eigenvalue weighted by Gasteiger charge is 2.28. The number of aliphatic hydroxyl groups is 1. The summed E-state index contributed by atoms with van der Waals surface area (Å²) in [5.74, 6) is -0.178. The first-order valence-electron chi connectivity index (χ1n) is 38.9. The SMILES string of the molecule is CCCCCCCCCC/C=C\CCCCCCCCCCCCCCCCCCCCCCCCCCCCCCCC(=O)NC(COP(=O)(O)OCC[N+](C)(C)C)C(O)/C=C/CC/C=C/CCCCCCCCCCCCCCCCCCCC. The fourth-order valence-corrected chi connectivity index (χ4v) is 12.8. The average molecular weight is 1250 g/mol. The molecule has 1 amide bonds. The van der Waals surface area contributed by atoms with Gasteiger partial charge in [0, 0.05) is 6.42 Å². The molecule has 0 fully saturated rings. The second kappa shape index (κ2) is 69.1. The molecule has 87 heavy (non-hydrogen) atoms. The summed E-state index contributed by atoms with van der Waals surface area (Å²) >= 11 is 0. The minimum atomic E-state index is -4.36. The largest absolute Gasteiger partial charge is 0.472 e. The van der Waals surface area contributed by atoms with Gasteiger partial charge in [0.2, 0.25) is 5.91 Å². The molecule has 0 radical (unpaired) electrons. The van der Waals surface area contributed by atoms with E-state index in [1.165, 1.54) is 347 Å². The lowest BCUT2D eigenvalue weighted by atomic mass is 10.0.